The first-order valence-corrected chi connectivity index (χ1v) is 52.7. The second kappa shape index (κ2) is 27.2. The van der Waals surface area contributed by atoms with Crippen LogP contribution in [0.15, 0.2) is 0 Å². The average Bonchev–Trinajstić information content (AvgIpc) is 0.711. The van der Waals surface area contributed by atoms with Crippen molar-refractivity contribution in [1.82, 2.24) is 0 Å². The predicted molar refractivity (Wildman–Crippen MR) is 459 cm³/mol. The van der Waals surface area contributed by atoms with Crippen LogP contribution in [0.3, 0.4) is 0 Å². The van der Waals surface area contributed by atoms with Crippen LogP contribution in [0.1, 0.15) is 306 Å². The molecular formula is C110H178. The third-order valence-electron chi connectivity index (χ3n) is 52.8. The van der Waals surface area contributed by atoms with E-state index in [9.17, 15) is 0 Å². The third-order valence-corrected chi connectivity index (χ3v) is 52.8. The van der Waals surface area contributed by atoms with Crippen LogP contribution >= 0.6 is 0 Å². The van der Waals surface area contributed by atoms with Crippen molar-refractivity contribution < 1.29 is 0 Å². The Hall–Kier alpha value is 0. The minimum absolute atomic E-state index is 1.00. The first-order valence-electron chi connectivity index (χ1n) is 52.7. The molecule has 0 nitrogen and oxygen atoms in total. The minimum Gasteiger partial charge on any atom is -0.0622 e. The number of hydrogen-bond acceptors (Lipinski definition) is 0. The summed E-state index contributed by atoms with van der Waals surface area (Å²) in [6, 6.07) is 0. The molecule has 0 N–H and O–H groups in total. The Balaban J connectivity index is 0.319. The van der Waals surface area contributed by atoms with E-state index in [0.29, 0.717) is 0 Å². The van der Waals surface area contributed by atoms with E-state index in [1.165, 1.54) is 12.8 Å². The van der Waals surface area contributed by atoms with Crippen molar-refractivity contribution in [1.29, 1.82) is 0 Å². The highest BCUT2D eigenvalue weighted by Crippen LogP contribution is 2.76. The fourth-order valence-corrected chi connectivity index (χ4v) is 42.5. The molecule has 0 heteroatoms. The first kappa shape index (κ1) is 76.2. The molecule has 0 aliphatic heterocycles. The highest BCUT2D eigenvalue weighted by Gasteiger charge is 2.69. The minimum atomic E-state index is 1.00. The van der Waals surface area contributed by atoms with Crippen molar-refractivity contribution in [3.63, 3.8) is 0 Å². The quantitative estimate of drug-likeness (QED) is 0.107. The molecule has 0 heterocycles. The largest absolute Gasteiger partial charge is 0.0622 e. The lowest BCUT2D eigenvalue weighted by molar-refractivity contribution is -0.190. The van der Waals surface area contributed by atoms with Crippen LogP contribution < -0.4 is 0 Å². The van der Waals surface area contributed by atoms with Gasteiger partial charge in [0.15, 0.2) is 0 Å². The molecule has 64 atom stereocenters. The second-order valence-corrected chi connectivity index (χ2v) is 52.9. The summed E-state index contributed by atoms with van der Waals surface area (Å²) < 4.78 is 0. The van der Waals surface area contributed by atoms with Crippen molar-refractivity contribution in [2.24, 2.45) is 379 Å². The average molecular weight is 1500 g/mol. The molecule has 0 aromatic carbocycles. The van der Waals surface area contributed by atoms with Gasteiger partial charge in [0.05, 0.1) is 0 Å². The van der Waals surface area contributed by atoms with Crippen LogP contribution in [0.25, 0.3) is 0 Å². The lowest BCUT2D eigenvalue weighted by Crippen LogP contribution is -2.61. The lowest BCUT2D eigenvalue weighted by Gasteiger charge is -2.68. The van der Waals surface area contributed by atoms with Gasteiger partial charge in [0.2, 0.25) is 0 Å². The monoisotopic (exact) mass is 1500 g/mol. The van der Waals surface area contributed by atoms with Gasteiger partial charge in [-0.05, 0) is 520 Å². The van der Waals surface area contributed by atoms with Gasteiger partial charge in [0.1, 0.15) is 0 Å². The van der Waals surface area contributed by atoms with E-state index in [2.05, 4.69) is 152 Å². The van der Waals surface area contributed by atoms with Gasteiger partial charge >= 0.3 is 0 Å². The van der Waals surface area contributed by atoms with Gasteiger partial charge in [-0.3, -0.25) is 0 Å². The van der Waals surface area contributed by atoms with Crippen LogP contribution in [0.5, 0.6) is 0 Å². The zero-order valence-electron chi connectivity index (χ0n) is 75.9. The van der Waals surface area contributed by atoms with E-state index < -0.39 is 0 Å². The van der Waals surface area contributed by atoms with Gasteiger partial charge in [-0.1, -0.05) is 165 Å². The number of rotatable bonds is 21. The normalized spacial score (nSPS) is 68.7. The molecule has 0 spiro atoms. The van der Waals surface area contributed by atoms with E-state index in [0.717, 1.165) is 379 Å². The Kier molecular flexibility index (Phi) is 18.9. The molecule has 22 aliphatic rings. The fraction of sp³-hybridized carbons (Fsp3) is 1.00. The first-order chi connectivity index (χ1) is 52.7. The van der Waals surface area contributed by atoms with Gasteiger partial charge < -0.3 is 0 Å². The molecular weight excluding hydrogens is 1320 g/mol. The molecule has 110 heavy (non-hydrogen) atoms. The molecule has 0 bridgehead atoms. The van der Waals surface area contributed by atoms with Gasteiger partial charge in [0.25, 0.3) is 0 Å². The molecule has 0 amide bonds. The Bertz CT molecular complexity index is 3120. The fourth-order valence-electron chi connectivity index (χ4n) is 42.5. The van der Waals surface area contributed by atoms with Gasteiger partial charge in [-0.15, -0.1) is 0 Å². The molecule has 22 saturated carbocycles. The maximum atomic E-state index is 2.77. The van der Waals surface area contributed by atoms with E-state index in [1.54, 1.807) is 141 Å². The lowest BCUT2D eigenvalue weighted by atomic mass is 9.37. The highest BCUT2D eigenvalue weighted by molar-refractivity contribution is 5.18. The zero-order chi connectivity index (χ0) is 75.9. The van der Waals surface area contributed by atoms with Crippen LogP contribution in [-0.4, -0.2) is 0 Å². The Labute approximate surface area is 680 Å². The van der Waals surface area contributed by atoms with E-state index in [4.69, 9.17) is 0 Å². The van der Waals surface area contributed by atoms with E-state index in [1.807, 2.05) is 0 Å². The smallest absolute Gasteiger partial charge is 0.0352 e. The molecule has 22 aliphatic carbocycles. The van der Waals surface area contributed by atoms with E-state index in [-0.39, 0.29) is 0 Å². The van der Waals surface area contributed by atoms with Crippen LogP contribution in [0.4, 0.5) is 0 Å². The van der Waals surface area contributed by atoms with Crippen molar-refractivity contribution in [3.05, 3.63) is 0 Å². The third kappa shape index (κ3) is 10.6. The van der Waals surface area contributed by atoms with Crippen LogP contribution in [0.2, 0.25) is 0 Å². The van der Waals surface area contributed by atoms with E-state index >= 15 is 0 Å². The highest BCUT2D eigenvalue weighted by atomic mass is 14.7. The maximum Gasteiger partial charge on any atom is -0.0352 e. The Morgan fingerprint density at radius 2 is 0.145 bits per heavy atom. The summed E-state index contributed by atoms with van der Waals surface area (Å²) in [6.07, 6.45) is 38.3. The molecule has 22 fully saturated rings. The van der Waals surface area contributed by atoms with Gasteiger partial charge in [0, 0.05) is 0 Å². The second-order valence-electron chi connectivity index (χ2n) is 52.9. The van der Waals surface area contributed by atoms with Gasteiger partial charge in [-0.25, -0.2) is 0 Å². The molecule has 0 aromatic heterocycles. The van der Waals surface area contributed by atoms with Crippen LogP contribution in [-0.2, 0) is 0 Å². The SMILES string of the molecule is CC1CCC1C1CC(C2CC(C3CC(C4CC(C5CC(C6CC(C7CC(C8CC(C9CC(C%10CC(C%11CC(C%12CC(C%13CC(C%14CC(C%15CC(C%16CC(C%17CC(C%18CC(C%19CC(C%20CC(C%21CCC%21C)C%20C)C%19C)C%18C)C%17C)C%16C)C%15C)C%14C)C%13C)C%12C)C%11C)C%10C)C9C)C8C)C7C)C6C)C5C)C4C)C3C)C2C)C1C. The Morgan fingerprint density at radius 1 is 0.0818 bits per heavy atom. The molecule has 0 aromatic rings. The van der Waals surface area contributed by atoms with Crippen LogP contribution in [0, 0.1) is 379 Å². The Morgan fingerprint density at radius 3 is 0.182 bits per heavy atom. The predicted octanol–water partition coefficient (Wildman–Crippen LogP) is 28.5. The number of hydrogen-bond donors (Lipinski definition) is 0. The molecule has 0 radical (unpaired) electrons. The summed E-state index contributed by atoms with van der Waals surface area (Å²) in [5.41, 5.74) is 0. The topological polar surface area (TPSA) is 0 Å². The standard InChI is InChI=1S/C110H178/c1-47-23-25-69(47)71-27-73(49(71)3)75-29-77(51(75)5)79-31-81(53(79)7)83-33-85(55(83)9)87-35-89(57(87)11)91-37-93(59(91)13)95-39-97(61(95)15)99-41-101(63(99)17)103-43-105(65(103)19)107-45-109(67(107)21)110-46-108(68(110)22)106-44-104(66(106)20)102-42-100(64(102)18)98-40-96(62(98)16)94-38-92(60(94)14)90-36-88(58(90)12)86-34-84(56(86)10)82-32-80(54(82)8)78-30-76(52(78)6)74-28-72(50(74)4)70-26-24-48(70)2/h47-110H,23-46H2,1-22H3. The zero-order valence-corrected chi connectivity index (χ0v) is 75.9. The molecule has 0 saturated heterocycles. The summed E-state index contributed by atoms with van der Waals surface area (Å²) in [5.74, 6) is 67.1. The molecule has 22 rings (SSSR count). The van der Waals surface area contributed by atoms with Crippen molar-refractivity contribution in [3.8, 4) is 0 Å². The molecule has 618 valence electrons. The summed E-state index contributed by atoms with van der Waals surface area (Å²) in [4.78, 5) is 0. The van der Waals surface area contributed by atoms with Crippen molar-refractivity contribution in [2.45, 2.75) is 306 Å². The summed E-state index contributed by atoms with van der Waals surface area (Å²) in [5, 5.41) is 0. The van der Waals surface area contributed by atoms with Crippen molar-refractivity contribution in [2.75, 3.05) is 0 Å². The maximum absolute atomic E-state index is 2.77. The molecule has 64 unspecified atom stereocenters. The summed E-state index contributed by atoms with van der Waals surface area (Å²) in [7, 11) is 0. The van der Waals surface area contributed by atoms with Gasteiger partial charge in [-0.2, -0.15) is 0 Å². The van der Waals surface area contributed by atoms with Crippen molar-refractivity contribution >= 4 is 0 Å². The summed E-state index contributed by atoms with van der Waals surface area (Å²) in [6.45, 7) is 60.0. The summed E-state index contributed by atoms with van der Waals surface area (Å²) >= 11 is 0.